The van der Waals surface area contributed by atoms with E-state index in [9.17, 15) is 9.59 Å². The van der Waals surface area contributed by atoms with Crippen molar-refractivity contribution in [2.75, 3.05) is 5.32 Å². The van der Waals surface area contributed by atoms with Crippen molar-refractivity contribution in [1.29, 1.82) is 0 Å². The smallest absolute Gasteiger partial charge is 0.342 e. The van der Waals surface area contributed by atoms with Crippen LogP contribution in [0.25, 0.3) is 0 Å². The third-order valence-corrected chi connectivity index (χ3v) is 4.15. The van der Waals surface area contributed by atoms with E-state index in [4.69, 9.17) is 9.15 Å². The normalized spacial score (nSPS) is 11.7. The summed E-state index contributed by atoms with van der Waals surface area (Å²) in [7, 11) is 0. The number of ether oxygens (including phenoxy) is 1. The second kappa shape index (κ2) is 7.91. The Morgan fingerprint density at radius 2 is 1.63 bits per heavy atom. The molecule has 138 valence electrons. The minimum absolute atomic E-state index is 0.316. The maximum atomic E-state index is 12.8. The second-order valence-electron chi connectivity index (χ2n) is 6.38. The molecular formula is C22H21NO4. The summed E-state index contributed by atoms with van der Waals surface area (Å²) >= 11 is 0. The SMILES string of the molecule is Cc1ccc(NC(=O)[C@H](OC(=O)c2cc(C)oc2C)c2ccccc2)cc1. The second-order valence-corrected chi connectivity index (χ2v) is 6.38. The van der Waals surface area contributed by atoms with E-state index in [1.807, 2.05) is 25.1 Å². The van der Waals surface area contributed by atoms with Crippen LogP contribution in [0, 0.1) is 20.8 Å². The number of furan rings is 1. The predicted octanol–water partition coefficient (Wildman–Crippen LogP) is 4.74. The van der Waals surface area contributed by atoms with Gasteiger partial charge in [-0.3, -0.25) is 4.79 Å². The Morgan fingerprint density at radius 1 is 0.963 bits per heavy atom. The molecule has 0 radical (unpaired) electrons. The molecule has 0 saturated carbocycles. The van der Waals surface area contributed by atoms with Gasteiger partial charge in [-0.25, -0.2) is 4.79 Å². The first kappa shape index (κ1) is 18.5. The van der Waals surface area contributed by atoms with Gasteiger partial charge in [0, 0.05) is 11.3 Å². The number of carbonyl (C=O) groups excluding carboxylic acids is 2. The predicted molar refractivity (Wildman–Crippen MR) is 103 cm³/mol. The molecule has 0 aliphatic heterocycles. The molecule has 0 spiro atoms. The van der Waals surface area contributed by atoms with Crippen LogP contribution in [0.5, 0.6) is 0 Å². The fourth-order valence-corrected chi connectivity index (χ4v) is 2.75. The maximum absolute atomic E-state index is 12.8. The van der Waals surface area contributed by atoms with Crippen LogP contribution in [-0.4, -0.2) is 11.9 Å². The van der Waals surface area contributed by atoms with Crippen LogP contribution < -0.4 is 5.32 Å². The molecule has 3 aromatic rings. The topological polar surface area (TPSA) is 68.5 Å². The highest BCUT2D eigenvalue weighted by Crippen LogP contribution is 2.24. The summed E-state index contributed by atoms with van der Waals surface area (Å²) in [5, 5.41) is 2.80. The standard InChI is InChI=1S/C22H21NO4/c1-14-9-11-18(12-10-14)23-21(24)20(17-7-5-4-6-8-17)27-22(25)19-13-15(2)26-16(19)3/h4-13,20H,1-3H3,(H,23,24)/t20-/m1/s1. The van der Waals surface area contributed by atoms with Crippen LogP contribution in [0.15, 0.2) is 65.1 Å². The van der Waals surface area contributed by atoms with E-state index in [0.29, 0.717) is 28.3 Å². The van der Waals surface area contributed by atoms with Gasteiger partial charge in [0.1, 0.15) is 17.1 Å². The molecule has 1 amide bonds. The third-order valence-electron chi connectivity index (χ3n) is 4.15. The lowest BCUT2D eigenvalue weighted by Crippen LogP contribution is -2.26. The lowest BCUT2D eigenvalue weighted by Gasteiger charge is -2.18. The molecule has 0 unspecified atom stereocenters. The van der Waals surface area contributed by atoms with Crippen molar-refractivity contribution in [2.45, 2.75) is 26.9 Å². The van der Waals surface area contributed by atoms with Crippen LogP contribution in [0.3, 0.4) is 0 Å². The molecule has 5 heteroatoms. The molecule has 1 heterocycles. The summed E-state index contributed by atoms with van der Waals surface area (Å²) in [4.78, 5) is 25.4. The summed E-state index contributed by atoms with van der Waals surface area (Å²) < 4.78 is 11.0. The molecule has 3 rings (SSSR count). The number of aryl methyl sites for hydroxylation is 3. The molecule has 5 nitrogen and oxygen atoms in total. The number of hydrogen-bond acceptors (Lipinski definition) is 4. The largest absolute Gasteiger partial charge is 0.466 e. The average molecular weight is 363 g/mol. The monoisotopic (exact) mass is 363 g/mol. The first-order chi connectivity index (χ1) is 12.9. The number of carbonyl (C=O) groups is 2. The molecule has 1 aromatic heterocycles. The van der Waals surface area contributed by atoms with E-state index in [-0.39, 0.29) is 0 Å². The highest BCUT2D eigenvalue weighted by atomic mass is 16.5. The number of anilines is 1. The molecule has 1 atom stereocenters. The van der Waals surface area contributed by atoms with Crippen LogP contribution in [-0.2, 0) is 9.53 Å². The number of esters is 1. The number of hydrogen-bond donors (Lipinski definition) is 1. The molecule has 0 fully saturated rings. The van der Waals surface area contributed by atoms with Crippen LogP contribution in [0.4, 0.5) is 5.69 Å². The van der Waals surface area contributed by atoms with E-state index >= 15 is 0 Å². The molecule has 2 aromatic carbocycles. The van der Waals surface area contributed by atoms with Gasteiger partial charge in [-0.15, -0.1) is 0 Å². The Kier molecular flexibility index (Phi) is 5.41. The van der Waals surface area contributed by atoms with Gasteiger partial charge < -0.3 is 14.5 Å². The van der Waals surface area contributed by atoms with Crippen molar-refractivity contribution in [3.05, 3.63) is 88.9 Å². The molecule has 0 saturated heterocycles. The van der Waals surface area contributed by atoms with E-state index < -0.39 is 18.0 Å². The maximum Gasteiger partial charge on any atom is 0.342 e. The van der Waals surface area contributed by atoms with Crippen molar-refractivity contribution >= 4 is 17.6 Å². The Hall–Kier alpha value is -3.34. The number of amides is 1. The number of rotatable bonds is 5. The number of benzene rings is 2. The molecule has 1 N–H and O–H groups in total. The first-order valence-electron chi connectivity index (χ1n) is 8.64. The van der Waals surface area contributed by atoms with Gasteiger partial charge >= 0.3 is 5.97 Å². The van der Waals surface area contributed by atoms with Crippen molar-refractivity contribution in [2.24, 2.45) is 0 Å². The van der Waals surface area contributed by atoms with Crippen LogP contribution in [0.2, 0.25) is 0 Å². The van der Waals surface area contributed by atoms with Crippen molar-refractivity contribution in [3.8, 4) is 0 Å². The van der Waals surface area contributed by atoms with E-state index in [1.54, 1.807) is 56.3 Å². The van der Waals surface area contributed by atoms with E-state index in [2.05, 4.69) is 5.32 Å². The Morgan fingerprint density at radius 3 is 2.22 bits per heavy atom. The summed E-state index contributed by atoms with van der Waals surface area (Å²) in [6.07, 6.45) is -1.07. The molecule has 0 aliphatic rings. The van der Waals surface area contributed by atoms with Crippen LogP contribution in [0.1, 0.15) is 39.1 Å². The number of nitrogens with one attached hydrogen (secondary N) is 1. The summed E-state index contributed by atoms with van der Waals surface area (Å²) in [5.41, 5.74) is 2.63. The summed E-state index contributed by atoms with van der Waals surface area (Å²) in [6, 6.07) is 17.9. The highest BCUT2D eigenvalue weighted by Gasteiger charge is 2.27. The molecule has 27 heavy (non-hydrogen) atoms. The summed E-state index contributed by atoms with van der Waals surface area (Å²) in [5.74, 6) is 0.0524. The van der Waals surface area contributed by atoms with Gasteiger partial charge in [0.05, 0.1) is 0 Å². The minimum atomic E-state index is -1.07. The van der Waals surface area contributed by atoms with E-state index in [1.165, 1.54) is 0 Å². The minimum Gasteiger partial charge on any atom is -0.466 e. The Labute approximate surface area is 158 Å². The van der Waals surface area contributed by atoms with Gasteiger partial charge in [0.15, 0.2) is 0 Å². The molecular weight excluding hydrogens is 342 g/mol. The zero-order chi connectivity index (χ0) is 19.4. The van der Waals surface area contributed by atoms with Gasteiger partial charge in [0.25, 0.3) is 5.91 Å². The van der Waals surface area contributed by atoms with Crippen LogP contribution >= 0.6 is 0 Å². The molecule has 0 aliphatic carbocycles. The Bertz CT molecular complexity index is 942. The lowest BCUT2D eigenvalue weighted by atomic mass is 10.1. The zero-order valence-electron chi connectivity index (χ0n) is 15.5. The van der Waals surface area contributed by atoms with Gasteiger partial charge in [-0.1, -0.05) is 48.0 Å². The summed E-state index contributed by atoms with van der Waals surface area (Å²) in [6.45, 7) is 5.41. The lowest BCUT2D eigenvalue weighted by molar-refractivity contribution is -0.125. The fraction of sp³-hybridized carbons (Fsp3) is 0.182. The van der Waals surface area contributed by atoms with Gasteiger partial charge in [0.2, 0.25) is 6.10 Å². The fourth-order valence-electron chi connectivity index (χ4n) is 2.75. The average Bonchev–Trinajstić information content (AvgIpc) is 3.00. The van der Waals surface area contributed by atoms with Crippen molar-refractivity contribution in [1.82, 2.24) is 0 Å². The van der Waals surface area contributed by atoms with Crippen molar-refractivity contribution < 1.29 is 18.7 Å². The van der Waals surface area contributed by atoms with Crippen molar-refractivity contribution in [3.63, 3.8) is 0 Å². The molecule has 0 bridgehead atoms. The van der Waals surface area contributed by atoms with Gasteiger partial charge in [-0.2, -0.15) is 0 Å². The van der Waals surface area contributed by atoms with Gasteiger partial charge in [-0.05, 0) is 39.0 Å². The van der Waals surface area contributed by atoms with E-state index in [0.717, 1.165) is 5.56 Å². The quantitative estimate of drug-likeness (QED) is 0.665. The highest BCUT2D eigenvalue weighted by molar-refractivity contribution is 5.98. The first-order valence-corrected chi connectivity index (χ1v) is 8.64. The Balaban J connectivity index is 1.84. The zero-order valence-corrected chi connectivity index (χ0v) is 15.5. The third kappa shape index (κ3) is 4.44.